The zero-order valence-electron chi connectivity index (χ0n) is 15.7. The van der Waals surface area contributed by atoms with Crippen LogP contribution in [-0.4, -0.2) is 55.1 Å². The molecule has 2 aromatic carbocycles. The van der Waals surface area contributed by atoms with Gasteiger partial charge >= 0.3 is 0 Å². The number of aromatic nitrogens is 1. The Morgan fingerprint density at radius 1 is 0.966 bits per heavy atom. The fraction of sp³-hybridized carbons (Fsp3) is 0.333. The van der Waals surface area contributed by atoms with Gasteiger partial charge in [-0.1, -0.05) is 17.4 Å². The Morgan fingerprint density at radius 2 is 1.69 bits per heavy atom. The number of nitrogens with zero attached hydrogens (tertiary/aromatic N) is 4. The van der Waals surface area contributed by atoms with Crippen molar-refractivity contribution in [3.05, 3.63) is 54.1 Å². The monoisotopic (exact) mass is 414 g/mol. The first-order valence-corrected chi connectivity index (χ1v) is 10.5. The summed E-state index contributed by atoms with van der Waals surface area (Å²) in [7, 11) is 0. The van der Waals surface area contributed by atoms with Crippen molar-refractivity contribution in [2.75, 3.05) is 49.1 Å². The number of benzene rings is 2. The van der Waals surface area contributed by atoms with Gasteiger partial charge in [-0.2, -0.15) is 0 Å². The van der Waals surface area contributed by atoms with E-state index < -0.39 is 0 Å². The number of hydrogen-bond donors (Lipinski definition) is 0. The Hall–Kier alpha value is -2.74. The number of fused-ring (bicyclic) bond motifs is 1. The molecule has 3 aromatic rings. The van der Waals surface area contributed by atoms with Crippen LogP contribution in [0.5, 0.6) is 0 Å². The van der Waals surface area contributed by atoms with Gasteiger partial charge in [-0.15, -0.1) is 0 Å². The number of para-hydroxylation sites is 1. The summed E-state index contributed by atoms with van der Waals surface area (Å²) in [6.07, 6.45) is 0. The maximum Gasteiger partial charge on any atom is 0.229 e. The number of piperazine rings is 1. The van der Waals surface area contributed by atoms with Crippen LogP contribution in [0.25, 0.3) is 10.2 Å². The summed E-state index contributed by atoms with van der Waals surface area (Å²) in [6.45, 7) is 4.06. The zero-order chi connectivity index (χ0) is 20.0. The summed E-state index contributed by atoms with van der Waals surface area (Å²) in [5.74, 6) is -0.415. The van der Waals surface area contributed by atoms with Crippen LogP contribution < -0.4 is 9.80 Å². The SMILES string of the molecule is O=C(C1CN(c2nc3c(F)cccc3s2)C1)N1CCN(c2ccc(F)cc2)CC1. The number of rotatable bonds is 3. The smallest absolute Gasteiger partial charge is 0.229 e. The molecule has 2 aliphatic heterocycles. The normalized spacial score (nSPS) is 17.7. The predicted molar refractivity (Wildman–Crippen MR) is 110 cm³/mol. The van der Waals surface area contributed by atoms with Gasteiger partial charge in [0.25, 0.3) is 0 Å². The van der Waals surface area contributed by atoms with Crippen molar-refractivity contribution >= 4 is 38.3 Å². The number of halogens is 2. The van der Waals surface area contributed by atoms with Crippen LogP contribution in [0.1, 0.15) is 0 Å². The molecule has 0 atom stereocenters. The van der Waals surface area contributed by atoms with Crippen LogP contribution in [0.3, 0.4) is 0 Å². The molecule has 0 aliphatic carbocycles. The summed E-state index contributed by atoms with van der Waals surface area (Å²) in [6, 6.07) is 11.4. The third kappa shape index (κ3) is 3.42. The van der Waals surface area contributed by atoms with Crippen molar-refractivity contribution in [2.24, 2.45) is 5.92 Å². The summed E-state index contributed by atoms with van der Waals surface area (Å²) < 4.78 is 27.8. The van der Waals surface area contributed by atoms with E-state index in [9.17, 15) is 13.6 Å². The van der Waals surface area contributed by atoms with Crippen LogP contribution in [0.4, 0.5) is 19.6 Å². The largest absolute Gasteiger partial charge is 0.368 e. The molecule has 1 amide bonds. The molecular formula is C21H20F2N4OS. The second kappa shape index (κ2) is 7.26. The molecule has 0 N–H and O–H groups in total. The van der Waals surface area contributed by atoms with Crippen molar-refractivity contribution in [3.8, 4) is 0 Å². The molecule has 150 valence electrons. The topological polar surface area (TPSA) is 39.7 Å². The van der Waals surface area contributed by atoms with Gasteiger partial charge in [-0.3, -0.25) is 4.79 Å². The molecule has 8 heteroatoms. The Morgan fingerprint density at radius 3 is 2.38 bits per heavy atom. The molecule has 1 aromatic heterocycles. The van der Waals surface area contributed by atoms with Gasteiger partial charge in [0.2, 0.25) is 5.91 Å². The maximum absolute atomic E-state index is 13.8. The van der Waals surface area contributed by atoms with Gasteiger partial charge in [-0.05, 0) is 36.4 Å². The minimum Gasteiger partial charge on any atom is -0.368 e. The first-order chi connectivity index (χ1) is 14.1. The molecule has 0 spiro atoms. The van der Waals surface area contributed by atoms with E-state index in [0.29, 0.717) is 31.7 Å². The lowest BCUT2D eigenvalue weighted by Crippen LogP contribution is -2.58. The van der Waals surface area contributed by atoms with E-state index in [1.165, 1.54) is 29.5 Å². The fourth-order valence-electron chi connectivity index (χ4n) is 3.92. The number of anilines is 2. The minimum absolute atomic E-state index is 0.0377. The Bertz CT molecular complexity index is 1040. The van der Waals surface area contributed by atoms with E-state index in [1.807, 2.05) is 15.9 Å². The number of amides is 1. The number of hydrogen-bond acceptors (Lipinski definition) is 5. The second-order valence-electron chi connectivity index (χ2n) is 7.47. The molecule has 2 saturated heterocycles. The highest BCUT2D eigenvalue weighted by Gasteiger charge is 2.37. The Balaban J connectivity index is 1.17. The summed E-state index contributed by atoms with van der Waals surface area (Å²) in [4.78, 5) is 23.4. The van der Waals surface area contributed by atoms with Gasteiger partial charge in [0, 0.05) is 45.0 Å². The van der Waals surface area contributed by atoms with Crippen molar-refractivity contribution in [1.29, 1.82) is 0 Å². The molecule has 2 aliphatic rings. The third-order valence-corrected chi connectivity index (χ3v) is 6.72. The Labute approximate surface area is 171 Å². The van der Waals surface area contributed by atoms with E-state index >= 15 is 0 Å². The lowest BCUT2D eigenvalue weighted by atomic mass is 9.99. The summed E-state index contributed by atoms with van der Waals surface area (Å²) >= 11 is 1.46. The van der Waals surface area contributed by atoms with Gasteiger partial charge in [0.15, 0.2) is 5.13 Å². The highest BCUT2D eigenvalue weighted by atomic mass is 32.1. The van der Waals surface area contributed by atoms with Crippen LogP contribution in [-0.2, 0) is 4.79 Å². The molecule has 5 nitrogen and oxygen atoms in total. The number of thiazole rings is 1. The fourth-order valence-corrected chi connectivity index (χ4v) is 4.92. The first kappa shape index (κ1) is 18.3. The van der Waals surface area contributed by atoms with E-state index in [0.717, 1.165) is 28.6 Å². The van der Waals surface area contributed by atoms with Gasteiger partial charge < -0.3 is 14.7 Å². The molecular weight excluding hydrogens is 394 g/mol. The van der Waals surface area contributed by atoms with Crippen molar-refractivity contribution in [1.82, 2.24) is 9.88 Å². The lowest BCUT2D eigenvalue weighted by Gasteiger charge is -2.43. The molecule has 29 heavy (non-hydrogen) atoms. The van der Waals surface area contributed by atoms with E-state index in [1.54, 1.807) is 18.2 Å². The van der Waals surface area contributed by atoms with Crippen molar-refractivity contribution in [2.45, 2.75) is 0 Å². The van der Waals surface area contributed by atoms with E-state index in [4.69, 9.17) is 0 Å². The molecule has 0 unspecified atom stereocenters. The molecule has 3 heterocycles. The molecule has 0 bridgehead atoms. The highest BCUT2D eigenvalue weighted by Crippen LogP contribution is 2.34. The standard InChI is InChI=1S/C21H20F2N4OS/c22-15-4-6-16(7-5-15)25-8-10-26(11-9-25)20(28)14-12-27(13-14)21-24-19-17(23)2-1-3-18(19)29-21/h1-7,14H,8-13H2. The van der Waals surface area contributed by atoms with Crippen LogP contribution in [0.2, 0.25) is 0 Å². The average molecular weight is 414 g/mol. The first-order valence-electron chi connectivity index (χ1n) is 9.68. The molecule has 0 radical (unpaired) electrons. The minimum atomic E-state index is -0.308. The highest BCUT2D eigenvalue weighted by molar-refractivity contribution is 7.22. The van der Waals surface area contributed by atoms with Crippen molar-refractivity contribution < 1.29 is 13.6 Å². The number of carbonyl (C=O) groups is 1. The molecule has 5 rings (SSSR count). The van der Waals surface area contributed by atoms with Crippen LogP contribution in [0.15, 0.2) is 42.5 Å². The van der Waals surface area contributed by atoms with Gasteiger partial charge in [0.05, 0.1) is 10.6 Å². The van der Waals surface area contributed by atoms with Crippen LogP contribution >= 0.6 is 11.3 Å². The van der Waals surface area contributed by atoms with E-state index in [2.05, 4.69) is 9.88 Å². The second-order valence-corrected chi connectivity index (χ2v) is 8.48. The molecule has 0 saturated carbocycles. The average Bonchev–Trinajstić information content (AvgIpc) is 3.13. The summed E-state index contributed by atoms with van der Waals surface area (Å²) in [5, 5.41) is 0.773. The van der Waals surface area contributed by atoms with E-state index in [-0.39, 0.29) is 23.5 Å². The third-order valence-electron chi connectivity index (χ3n) is 5.64. The van der Waals surface area contributed by atoms with Gasteiger partial charge in [0.1, 0.15) is 17.2 Å². The molecule has 2 fully saturated rings. The predicted octanol–water partition coefficient (Wildman–Crippen LogP) is 3.36. The van der Waals surface area contributed by atoms with Crippen molar-refractivity contribution in [3.63, 3.8) is 0 Å². The zero-order valence-corrected chi connectivity index (χ0v) is 16.5. The van der Waals surface area contributed by atoms with Crippen LogP contribution in [0, 0.1) is 17.6 Å². The Kier molecular flexibility index (Phi) is 4.58. The number of carbonyl (C=O) groups excluding carboxylic acids is 1. The maximum atomic E-state index is 13.8. The lowest BCUT2D eigenvalue weighted by molar-refractivity contribution is -0.136. The quantitative estimate of drug-likeness (QED) is 0.659. The summed E-state index contributed by atoms with van der Waals surface area (Å²) in [5.41, 5.74) is 1.38. The van der Waals surface area contributed by atoms with Gasteiger partial charge in [-0.25, -0.2) is 13.8 Å².